The summed E-state index contributed by atoms with van der Waals surface area (Å²) in [4.78, 5) is -1.55. The number of hydrogen-bond acceptors (Lipinski definition) is 7. The van der Waals surface area contributed by atoms with Crippen LogP contribution in [0.4, 0.5) is 5.69 Å². The van der Waals surface area contributed by atoms with Gasteiger partial charge in [-0.1, -0.05) is 0 Å². The highest BCUT2D eigenvalue weighted by atomic mass is 32.2. The second-order valence-corrected chi connectivity index (χ2v) is 7.17. The molecule has 0 amide bonds. The Bertz CT molecular complexity index is 1010. The van der Waals surface area contributed by atoms with Gasteiger partial charge in [0, 0.05) is 16.3 Å². The van der Waals surface area contributed by atoms with Crippen molar-refractivity contribution in [1.82, 2.24) is 0 Å². The van der Waals surface area contributed by atoms with Crippen LogP contribution in [0.5, 0.6) is 5.75 Å². The van der Waals surface area contributed by atoms with Crippen molar-refractivity contribution in [3.8, 4) is 5.75 Å². The highest BCUT2D eigenvalue weighted by molar-refractivity contribution is 7.86. The van der Waals surface area contributed by atoms with E-state index in [0.29, 0.717) is 0 Å². The van der Waals surface area contributed by atoms with Gasteiger partial charge >= 0.3 is 0 Å². The third-order valence-corrected chi connectivity index (χ3v) is 5.01. The van der Waals surface area contributed by atoms with Crippen molar-refractivity contribution in [2.24, 2.45) is 5.11 Å². The van der Waals surface area contributed by atoms with Crippen LogP contribution in [-0.2, 0) is 20.2 Å². The first kappa shape index (κ1) is 16.3. The van der Waals surface area contributed by atoms with Crippen LogP contribution in [0.2, 0.25) is 0 Å². The second kappa shape index (κ2) is 4.98. The summed E-state index contributed by atoms with van der Waals surface area (Å²) in [5.74, 6) is -0.577. The first-order chi connectivity index (χ1) is 9.98. The zero-order valence-corrected chi connectivity index (χ0v) is 12.6. The van der Waals surface area contributed by atoms with Crippen molar-refractivity contribution in [3.05, 3.63) is 23.8 Å². The molecule has 0 bridgehead atoms. The van der Waals surface area contributed by atoms with E-state index in [1.165, 1.54) is 13.0 Å². The number of aromatic hydroxyl groups is 1. The van der Waals surface area contributed by atoms with Crippen molar-refractivity contribution < 1.29 is 31.0 Å². The molecule has 0 atom stereocenters. The van der Waals surface area contributed by atoms with Crippen LogP contribution >= 0.6 is 0 Å². The monoisotopic (exact) mass is 346 g/mol. The van der Waals surface area contributed by atoms with Crippen LogP contribution < -0.4 is 0 Å². The van der Waals surface area contributed by atoms with Gasteiger partial charge in [-0.3, -0.25) is 9.11 Å². The highest BCUT2D eigenvalue weighted by Gasteiger charge is 2.25. The van der Waals surface area contributed by atoms with E-state index in [9.17, 15) is 26.5 Å². The summed E-state index contributed by atoms with van der Waals surface area (Å²) in [6.07, 6.45) is 0. The summed E-state index contributed by atoms with van der Waals surface area (Å²) in [6.45, 7) is 1.22. The molecule has 0 aliphatic heterocycles. The molecule has 11 heteroatoms. The van der Waals surface area contributed by atoms with Gasteiger partial charge in [-0.25, -0.2) is 5.53 Å². The zero-order chi connectivity index (χ0) is 16.9. The third-order valence-electron chi connectivity index (χ3n) is 3.09. The van der Waals surface area contributed by atoms with Crippen molar-refractivity contribution in [2.75, 3.05) is 0 Å². The average Bonchev–Trinajstić information content (AvgIpc) is 2.38. The maximum Gasteiger partial charge on any atom is 0.297 e. The van der Waals surface area contributed by atoms with Crippen LogP contribution in [0.25, 0.3) is 10.8 Å². The molecule has 0 unspecified atom stereocenters. The average molecular weight is 346 g/mol. The Hall–Kier alpha value is -2.08. The molecule has 0 spiro atoms. The Morgan fingerprint density at radius 3 is 2.09 bits per heavy atom. The van der Waals surface area contributed by atoms with E-state index in [1.54, 1.807) is 0 Å². The minimum atomic E-state index is -4.87. The van der Waals surface area contributed by atoms with Gasteiger partial charge in [0.2, 0.25) is 0 Å². The minimum Gasteiger partial charge on any atom is -0.507 e. The predicted octanol–water partition coefficient (Wildman–Crippen LogP) is 2.01. The number of nitrogens with zero attached hydrogens (tertiary/aromatic N) is 1. The highest BCUT2D eigenvalue weighted by Crippen LogP contribution is 2.40. The lowest BCUT2D eigenvalue weighted by Crippen LogP contribution is -2.04. The number of phenolic OH excluding ortho intramolecular Hbond substituents is 1. The van der Waals surface area contributed by atoms with E-state index >= 15 is 0 Å². The summed E-state index contributed by atoms with van der Waals surface area (Å²) in [7, 11) is -9.61. The Balaban J connectivity index is 3.19. The Morgan fingerprint density at radius 2 is 1.64 bits per heavy atom. The smallest absolute Gasteiger partial charge is 0.297 e. The maximum absolute atomic E-state index is 11.5. The van der Waals surface area contributed by atoms with E-state index in [-0.39, 0.29) is 16.3 Å². The molecule has 0 aliphatic rings. The number of nitrogens with one attached hydrogen (secondary N) is 1. The number of benzene rings is 2. The molecule has 9 nitrogen and oxygen atoms in total. The Labute approximate surface area is 125 Å². The molecule has 22 heavy (non-hydrogen) atoms. The van der Waals surface area contributed by atoms with E-state index in [0.717, 1.165) is 12.1 Å². The molecule has 0 aliphatic carbocycles. The lowest BCUT2D eigenvalue weighted by Gasteiger charge is -2.12. The summed E-state index contributed by atoms with van der Waals surface area (Å²) >= 11 is 0. The van der Waals surface area contributed by atoms with E-state index in [2.05, 4.69) is 5.11 Å². The Morgan fingerprint density at radius 1 is 1.05 bits per heavy atom. The maximum atomic E-state index is 11.5. The fourth-order valence-electron chi connectivity index (χ4n) is 2.12. The molecule has 2 rings (SSSR count). The lowest BCUT2D eigenvalue weighted by atomic mass is 10.1. The fraction of sp³-hybridized carbons (Fsp3) is 0.0909. The van der Waals surface area contributed by atoms with Gasteiger partial charge < -0.3 is 5.11 Å². The molecule has 0 fully saturated rings. The van der Waals surface area contributed by atoms with Crippen LogP contribution in [0, 0.1) is 12.5 Å². The second-order valence-electron chi connectivity index (χ2n) is 4.42. The number of hydrogen-bond donors (Lipinski definition) is 4. The molecule has 118 valence electrons. The molecule has 0 radical (unpaired) electrons. The number of rotatable bonds is 3. The molecule has 0 aromatic heterocycles. The van der Waals surface area contributed by atoms with Crippen molar-refractivity contribution >= 4 is 36.7 Å². The summed E-state index contributed by atoms with van der Waals surface area (Å²) in [5, 5.41) is 12.5. The molecule has 2 aromatic rings. The van der Waals surface area contributed by atoms with Crippen LogP contribution in [0.15, 0.2) is 33.1 Å². The molecular weight excluding hydrogens is 336 g/mol. The summed E-state index contributed by atoms with van der Waals surface area (Å²) in [5.41, 5.74) is 6.30. The van der Waals surface area contributed by atoms with Crippen LogP contribution in [0.3, 0.4) is 0 Å². The first-order valence-corrected chi connectivity index (χ1v) is 8.48. The number of fused-ring (bicyclic) bond motifs is 1. The Kier molecular flexibility index (Phi) is 3.69. The molecule has 0 saturated carbocycles. The molecular formula is C11H10N2O7S2. The van der Waals surface area contributed by atoms with Crippen molar-refractivity contribution in [2.45, 2.75) is 16.7 Å². The van der Waals surface area contributed by atoms with Gasteiger partial charge in [0.05, 0.1) is 0 Å². The van der Waals surface area contributed by atoms with Gasteiger partial charge in [0.25, 0.3) is 20.2 Å². The lowest BCUT2D eigenvalue weighted by molar-refractivity contribution is 0.466. The largest absolute Gasteiger partial charge is 0.507 e. The summed E-state index contributed by atoms with van der Waals surface area (Å²) in [6, 6.07) is 3.08. The topological polar surface area (TPSA) is 165 Å². The van der Waals surface area contributed by atoms with Crippen molar-refractivity contribution in [1.29, 1.82) is 5.53 Å². The van der Waals surface area contributed by atoms with Gasteiger partial charge in [-0.15, -0.1) is 0 Å². The van der Waals surface area contributed by atoms with E-state index < -0.39 is 41.5 Å². The molecule has 4 N–H and O–H groups in total. The molecule has 0 saturated heterocycles. The fourth-order valence-corrected chi connectivity index (χ4v) is 3.70. The minimum absolute atomic E-state index is 0.0788. The van der Waals surface area contributed by atoms with Crippen LogP contribution in [0.1, 0.15) is 5.56 Å². The molecule has 2 aromatic carbocycles. The van der Waals surface area contributed by atoms with Crippen LogP contribution in [-0.4, -0.2) is 31.0 Å². The SMILES string of the molecule is Cc1c(S(=O)(=O)O)cc2c(S(=O)(=O)O)c(N=N)ccc2c1O. The standard InChI is InChI=1S/C11H10N2O7S2/c1-5-9(21(15,16)17)4-7-6(10(5)14)2-3-8(13-12)11(7)22(18,19)20/h2-4,12,14H,1H3,(H,15,16,17)(H,18,19,20). The zero-order valence-electron chi connectivity index (χ0n) is 11.0. The van der Waals surface area contributed by atoms with Gasteiger partial charge in [0.15, 0.2) is 0 Å². The van der Waals surface area contributed by atoms with Gasteiger partial charge in [-0.05, 0) is 25.1 Å². The predicted molar refractivity (Wildman–Crippen MR) is 74.8 cm³/mol. The quantitative estimate of drug-likeness (QED) is 0.487. The van der Waals surface area contributed by atoms with E-state index in [4.69, 9.17) is 10.1 Å². The summed E-state index contributed by atoms with van der Waals surface area (Å²) < 4.78 is 64.1. The van der Waals surface area contributed by atoms with Gasteiger partial charge in [-0.2, -0.15) is 21.9 Å². The normalized spacial score (nSPS) is 12.5. The molecule has 0 heterocycles. The first-order valence-electron chi connectivity index (χ1n) is 5.60. The van der Waals surface area contributed by atoms with Crippen molar-refractivity contribution in [3.63, 3.8) is 0 Å². The number of phenols is 1. The van der Waals surface area contributed by atoms with E-state index in [1.807, 2.05) is 0 Å². The van der Waals surface area contributed by atoms with Gasteiger partial charge in [0.1, 0.15) is 21.2 Å². The third kappa shape index (κ3) is 2.54.